The van der Waals surface area contributed by atoms with Crippen LogP contribution in [-0.4, -0.2) is 15.2 Å². The Labute approximate surface area is 144 Å². The summed E-state index contributed by atoms with van der Waals surface area (Å²) in [7, 11) is 0. The molecule has 0 fully saturated rings. The van der Waals surface area contributed by atoms with E-state index in [9.17, 15) is 5.11 Å². The molecule has 0 saturated carbocycles. The van der Waals surface area contributed by atoms with Crippen LogP contribution in [0.3, 0.4) is 0 Å². The van der Waals surface area contributed by atoms with E-state index in [-0.39, 0.29) is 11.8 Å². The van der Waals surface area contributed by atoms with E-state index in [2.05, 4.69) is 20.4 Å². The number of H-pyrrole nitrogens is 1. The van der Waals surface area contributed by atoms with Crippen molar-refractivity contribution in [1.82, 2.24) is 10.1 Å². The highest BCUT2D eigenvalue weighted by Gasteiger charge is 2.23. The molecule has 6 heteroatoms. The van der Waals surface area contributed by atoms with E-state index in [0.29, 0.717) is 22.7 Å². The van der Waals surface area contributed by atoms with Crippen molar-refractivity contribution in [2.24, 2.45) is 0 Å². The van der Waals surface area contributed by atoms with E-state index in [1.54, 1.807) is 18.5 Å². The number of aromatic amines is 1. The molecule has 0 radical (unpaired) electrons. The van der Waals surface area contributed by atoms with Gasteiger partial charge in [-0.05, 0) is 31.2 Å². The van der Waals surface area contributed by atoms with E-state index < -0.39 is 0 Å². The number of hydrogen-bond donors (Lipinski definition) is 2. The lowest BCUT2D eigenvalue weighted by Crippen LogP contribution is -2.15. The Balaban J connectivity index is 1.84. The summed E-state index contributed by atoms with van der Waals surface area (Å²) in [5.41, 5.74) is 2.15. The van der Waals surface area contributed by atoms with Gasteiger partial charge in [-0.3, -0.25) is 4.98 Å². The van der Waals surface area contributed by atoms with Crippen molar-refractivity contribution < 1.29 is 14.6 Å². The van der Waals surface area contributed by atoms with Crippen molar-refractivity contribution in [3.05, 3.63) is 77.9 Å². The molecule has 25 heavy (non-hydrogen) atoms. The predicted molar refractivity (Wildman–Crippen MR) is 93.1 cm³/mol. The van der Waals surface area contributed by atoms with Gasteiger partial charge >= 0.3 is 0 Å². The maximum atomic E-state index is 10.8. The van der Waals surface area contributed by atoms with Crippen LogP contribution in [0, 0.1) is 6.92 Å². The maximum absolute atomic E-state index is 10.8. The third-order valence-corrected chi connectivity index (χ3v) is 4.06. The number of nitrogens with zero attached hydrogens (tertiary/aromatic N) is 2. The Hall–Kier alpha value is -3.41. The highest BCUT2D eigenvalue weighted by atomic mass is 16.5. The molecule has 3 N–H and O–H groups in total. The summed E-state index contributed by atoms with van der Waals surface area (Å²) >= 11 is 0. The second-order valence-electron chi connectivity index (χ2n) is 5.79. The Bertz CT molecular complexity index is 1010. The average molecular weight is 333 g/mol. The van der Waals surface area contributed by atoms with E-state index in [0.717, 1.165) is 11.1 Å². The van der Waals surface area contributed by atoms with E-state index in [4.69, 9.17) is 4.52 Å². The number of aryl methyl sites for hydroxylation is 1. The Morgan fingerprint density at radius 2 is 2.08 bits per heavy atom. The van der Waals surface area contributed by atoms with Gasteiger partial charge in [0.05, 0.1) is 17.1 Å². The molecule has 0 saturated heterocycles. The van der Waals surface area contributed by atoms with Crippen LogP contribution in [-0.2, 0) is 0 Å². The molecule has 0 spiro atoms. The molecule has 1 unspecified atom stereocenters. The van der Waals surface area contributed by atoms with Crippen LogP contribution in [0.25, 0.3) is 10.9 Å². The van der Waals surface area contributed by atoms with Gasteiger partial charge in [0.15, 0.2) is 17.8 Å². The summed E-state index contributed by atoms with van der Waals surface area (Å²) in [6, 6.07) is 14.8. The van der Waals surface area contributed by atoms with Gasteiger partial charge in [0.25, 0.3) is 5.52 Å². The largest absolute Gasteiger partial charge is 0.502 e. The summed E-state index contributed by atoms with van der Waals surface area (Å²) < 4.78 is 5.14. The van der Waals surface area contributed by atoms with Crippen LogP contribution in [0.5, 0.6) is 5.75 Å². The number of fused-ring (bicyclic) bond motifs is 1. The summed E-state index contributed by atoms with van der Waals surface area (Å²) in [6.45, 7) is 1.83. The number of pyridine rings is 2. The fourth-order valence-corrected chi connectivity index (χ4v) is 2.87. The molecule has 4 rings (SSSR count). The highest BCUT2D eigenvalue weighted by Crippen LogP contribution is 2.34. The highest BCUT2D eigenvalue weighted by molar-refractivity contribution is 5.83. The number of aromatic nitrogens is 3. The SMILES string of the molecule is Cc1cc(NC(c2ccccn2)c2ccc3ccc[nH+]c3c2O)no1. The van der Waals surface area contributed by atoms with Crippen LogP contribution in [0.15, 0.2) is 65.4 Å². The second kappa shape index (κ2) is 6.24. The number of nitrogens with one attached hydrogen (secondary N) is 2. The number of aromatic hydroxyl groups is 1. The molecule has 124 valence electrons. The van der Waals surface area contributed by atoms with Crippen molar-refractivity contribution in [2.75, 3.05) is 5.32 Å². The van der Waals surface area contributed by atoms with Gasteiger partial charge in [0.1, 0.15) is 5.76 Å². The molecule has 1 atom stereocenters. The first-order valence-electron chi connectivity index (χ1n) is 7.95. The normalized spacial score (nSPS) is 12.2. The minimum atomic E-state index is -0.372. The molecule has 1 aromatic carbocycles. The first kappa shape index (κ1) is 15.1. The van der Waals surface area contributed by atoms with Crippen molar-refractivity contribution in [1.29, 1.82) is 0 Å². The molecule has 3 aromatic heterocycles. The van der Waals surface area contributed by atoms with Crippen molar-refractivity contribution >= 4 is 16.7 Å². The van der Waals surface area contributed by atoms with E-state index in [1.807, 2.05) is 49.4 Å². The topological polar surface area (TPSA) is 85.3 Å². The average Bonchev–Trinajstić information content (AvgIpc) is 3.06. The van der Waals surface area contributed by atoms with Crippen molar-refractivity contribution in [2.45, 2.75) is 13.0 Å². The van der Waals surface area contributed by atoms with Crippen LogP contribution >= 0.6 is 0 Å². The molecule has 0 bridgehead atoms. The summed E-state index contributed by atoms with van der Waals surface area (Å²) in [5.74, 6) is 1.48. The lowest BCUT2D eigenvalue weighted by atomic mass is 9.99. The lowest BCUT2D eigenvalue weighted by Gasteiger charge is -2.19. The number of phenolic OH excluding ortho intramolecular Hbond substituents is 1. The van der Waals surface area contributed by atoms with Gasteiger partial charge in [-0.1, -0.05) is 17.3 Å². The van der Waals surface area contributed by atoms with E-state index >= 15 is 0 Å². The molecule has 3 heterocycles. The third kappa shape index (κ3) is 2.89. The lowest BCUT2D eigenvalue weighted by molar-refractivity contribution is -0.345. The van der Waals surface area contributed by atoms with Gasteiger partial charge in [-0.2, -0.15) is 0 Å². The Morgan fingerprint density at radius 1 is 1.16 bits per heavy atom. The molecular formula is C19H17N4O2+. The van der Waals surface area contributed by atoms with Crippen LogP contribution in [0.4, 0.5) is 5.82 Å². The molecule has 0 aliphatic heterocycles. The van der Waals surface area contributed by atoms with Gasteiger partial charge in [-0.25, -0.2) is 4.98 Å². The van der Waals surface area contributed by atoms with Gasteiger partial charge in [0.2, 0.25) is 0 Å². The minimum Gasteiger partial charge on any atom is -0.502 e. The van der Waals surface area contributed by atoms with Gasteiger partial charge in [0, 0.05) is 23.9 Å². The van der Waals surface area contributed by atoms with Crippen LogP contribution in [0.1, 0.15) is 23.1 Å². The fourth-order valence-electron chi connectivity index (χ4n) is 2.87. The third-order valence-electron chi connectivity index (χ3n) is 4.06. The molecule has 6 nitrogen and oxygen atoms in total. The summed E-state index contributed by atoms with van der Waals surface area (Å²) in [5, 5.41) is 19.0. The zero-order valence-corrected chi connectivity index (χ0v) is 13.6. The zero-order valence-electron chi connectivity index (χ0n) is 13.6. The number of benzene rings is 1. The standard InChI is InChI=1S/C19H16N4O2/c1-12-11-16(23-25-12)22-18(15-6-2-3-9-20-15)14-8-7-13-5-4-10-21-17(13)19(14)24/h2-11,18,24H,1H3,(H,22,23)/p+1. The molecule has 0 amide bonds. The van der Waals surface area contributed by atoms with Gasteiger partial charge in [-0.15, -0.1) is 0 Å². The Kier molecular flexibility index (Phi) is 3.78. The van der Waals surface area contributed by atoms with Gasteiger partial charge < -0.3 is 14.9 Å². The minimum absolute atomic E-state index is 0.182. The molecule has 4 aromatic rings. The maximum Gasteiger partial charge on any atom is 0.253 e. The van der Waals surface area contributed by atoms with Crippen LogP contribution < -0.4 is 10.3 Å². The van der Waals surface area contributed by atoms with Crippen LogP contribution in [0.2, 0.25) is 0 Å². The van der Waals surface area contributed by atoms with E-state index in [1.165, 1.54) is 0 Å². The zero-order chi connectivity index (χ0) is 17.2. The van der Waals surface area contributed by atoms with Crippen molar-refractivity contribution in [3.63, 3.8) is 0 Å². The smallest absolute Gasteiger partial charge is 0.253 e. The number of rotatable bonds is 4. The molecule has 0 aliphatic carbocycles. The number of hydrogen-bond acceptors (Lipinski definition) is 5. The second-order valence-corrected chi connectivity index (χ2v) is 5.79. The number of phenols is 1. The first-order valence-corrected chi connectivity index (χ1v) is 7.95. The van der Waals surface area contributed by atoms with Crippen molar-refractivity contribution in [3.8, 4) is 5.75 Å². The quantitative estimate of drug-likeness (QED) is 0.599. The number of anilines is 1. The summed E-state index contributed by atoms with van der Waals surface area (Å²) in [4.78, 5) is 7.54. The fraction of sp³-hybridized carbons (Fsp3) is 0.105. The predicted octanol–water partition coefficient (Wildman–Crippen LogP) is 3.25. The first-order chi connectivity index (χ1) is 12.2. The summed E-state index contributed by atoms with van der Waals surface area (Å²) in [6.07, 6.45) is 3.51. The molecule has 0 aliphatic rings. The monoisotopic (exact) mass is 333 g/mol. The molecular weight excluding hydrogens is 316 g/mol. The Morgan fingerprint density at radius 3 is 2.84 bits per heavy atom.